The molecule has 7 heteroatoms. The van der Waals surface area contributed by atoms with Crippen LogP contribution in [0.1, 0.15) is 5.76 Å². The molecule has 0 aliphatic carbocycles. The third-order valence-electron chi connectivity index (χ3n) is 1.81. The van der Waals surface area contributed by atoms with Crippen molar-refractivity contribution < 1.29 is 12.8 Å². The Kier molecular flexibility index (Phi) is 3.26. The molecular weight excluding hydrogens is 264 g/mol. The van der Waals surface area contributed by atoms with Gasteiger partial charge in [-0.3, -0.25) is 0 Å². The maximum Gasteiger partial charge on any atom is 0.251 e. The Balaban J connectivity index is 2.28. The zero-order chi connectivity index (χ0) is 12.3. The van der Waals surface area contributed by atoms with Gasteiger partial charge in [-0.05, 0) is 18.2 Å². The summed E-state index contributed by atoms with van der Waals surface area (Å²) in [4.78, 5) is 7.27. The molecule has 0 amide bonds. The lowest BCUT2D eigenvalue weighted by Gasteiger charge is -1.96. The predicted molar refractivity (Wildman–Crippen MR) is 62.0 cm³/mol. The van der Waals surface area contributed by atoms with Gasteiger partial charge in [0.2, 0.25) is 9.84 Å². The predicted octanol–water partition coefficient (Wildman–Crippen LogP) is 2.17. The van der Waals surface area contributed by atoms with Crippen LogP contribution in [0.25, 0.3) is 6.08 Å². The van der Waals surface area contributed by atoms with Crippen molar-refractivity contribution >= 4 is 27.5 Å². The number of halogens is 1. The van der Waals surface area contributed by atoms with Crippen LogP contribution in [0, 0.1) is 0 Å². The number of rotatable bonds is 3. The highest BCUT2D eigenvalue weighted by molar-refractivity contribution is 7.94. The van der Waals surface area contributed by atoms with Crippen LogP contribution >= 0.6 is 11.6 Å². The summed E-state index contributed by atoms with van der Waals surface area (Å²) in [5, 5.41) is 0.957. The van der Waals surface area contributed by atoms with Gasteiger partial charge in [0.15, 0.2) is 0 Å². The van der Waals surface area contributed by atoms with Gasteiger partial charge in [-0.1, -0.05) is 11.6 Å². The van der Waals surface area contributed by atoms with E-state index < -0.39 is 9.84 Å². The first-order chi connectivity index (χ1) is 8.08. The number of furan rings is 1. The number of hydrogen-bond acceptors (Lipinski definition) is 5. The molecule has 2 aromatic heterocycles. The summed E-state index contributed by atoms with van der Waals surface area (Å²) in [6.45, 7) is 0. The molecule has 0 N–H and O–H groups in total. The molecule has 0 saturated carbocycles. The molecule has 0 bridgehead atoms. The normalized spacial score (nSPS) is 12.1. The lowest BCUT2D eigenvalue weighted by Crippen LogP contribution is -2.02. The van der Waals surface area contributed by atoms with E-state index in [1.165, 1.54) is 24.7 Å². The molecule has 0 atom stereocenters. The number of sulfone groups is 1. The van der Waals surface area contributed by atoms with Gasteiger partial charge in [-0.2, -0.15) is 0 Å². The molecule has 0 aliphatic rings. The highest BCUT2D eigenvalue weighted by Gasteiger charge is 2.13. The molecule has 2 rings (SSSR count). The fourth-order valence-corrected chi connectivity index (χ4v) is 1.98. The summed E-state index contributed by atoms with van der Waals surface area (Å²) >= 11 is 5.57. The maximum atomic E-state index is 11.7. The smallest absolute Gasteiger partial charge is 0.251 e. The number of aromatic nitrogens is 2. The first-order valence-electron chi connectivity index (χ1n) is 4.52. The van der Waals surface area contributed by atoms with Crippen LogP contribution in [0.3, 0.4) is 0 Å². The standard InChI is InChI=1S/C10H7ClN2O3S/c11-8-6-12-10(13-7-8)17(14,15)5-3-9-2-1-4-16-9/h1-7H. The zero-order valence-electron chi connectivity index (χ0n) is 8.45. The van der Waals surface area contributed by atoms with E-state index in [-0.39, 0.29) is 10.2 Å². The molecule has 0 radical (unpaired) electrons. The molecule has 0 unspecified atom stereocenters. The van der Waals surface area contributed by atoms with E-state index in [2.05, 4.69) is 9.97 Å². The SMILES string of the molecule is O=S(=O)(C=Cc1ccco1)c1ncc(Cl)cn1. The van der Waals surface area contributed by atoms with E-state index in [0.717, 1.165) is 5.41 Å². The molecule has 0 spiro atoms. The van der Waals surface area contributed by atoms with Gasteiger partial charge in [0.25, 0.3) is 5.16 Å². The molecule has 5 nitrogen and oxygen atoms in total. The molecule has 0 fully saturated rings. The Labute approximate surface area is 103 Å². The lowest BCUT2D eigenvalue weighted by molar-refractivity contribution is 0.556. The van der Waals surface area contributed by atoms with Gasteiger partial charge in [0.05, 0.1) is 23.7 Å². The van der Waals surface area contributed by atoms with Crippen molar-refractivity contribution in [3.8, 4) is 0 Å². The fraction of sp³-hybridized carbons (Fsp3) is 0. The first kappa shape index (κ1) is 11.8. The molecule has 2 aromatic rings. The van der Waals surface area contributed by atoms with Crippen LogP contribution in [0.2, 0.25) is 5.02 Å². The molecule has 0 saturated heterocycles. The summed E-state index contributed by atoms with van der Waals surface area (Å²) in [6, 6.07) is 3.29. The molecule has 17 heavy (non-hydrogen) atoms. The van der Waals surface area contributed by atoms with Gasteiger partial charge in [-0.25, -0.2) is 18.4 Å². The topological polar surface area (TPSA) is 73.1 Å². The summed E-state index contributed by atoms with van der Waals surface area (Å²) in [5.41, 5.74) is 0. The van der Waals surface area contributed by atoms with Crippen molar-refractivity contribution in [3.63, 3.8) is 0 Å². The molecule has 88 valence electrons. The summed E-state index contributed by atoms with van der Waals surface area (Å²) in [5.74, 6) is 0.433. The van der Waals surface area contributed by atoms with Crippen LogP contribution in [-0.2, 0) is 9.84 Å². The minimum atomic E-state index is -3.67. The van der Waals surface area contributed by atoms with E-state index in [0.29, 0.717) is 5.76 Å². The monoisotopic (exact) mass is 270 g/mol. The van der Waals surface area contributed by atoms with Crippen molar-refractivity contribution in [1.82, 2.24) is 9.97 Å². The van der Waals surface area contributed by atoms with E-state index in [4.69, 9.17) is 16.0 Å². The van der Waals surface area contributed by atoms with Crippen molar-refractivity contribution in [2.24, 2.45) is 0 Å². The van der Waals surface area contributed by atoms with E-state index >= 15 is 0 Å². The van der Waals surface area contributed by atoms with Gasteiger partial charge < -0.3 is 4.42 Å². The second-order valence-electron chi connectivity index (χ2n) is 3.05. The van der Waals surface area contributed by atoms with E-state index in [1.807, 2.05) is 0 Å². The lowest BCUT2D eigenvalue weighted by atomic mass is 10.5. The Hall–Kier alpha value is -1.66. The quantitative estimate of drug-likeness (QED) is 0.799. The molecule has 0 aromatic carbocycles. The molecule has 0 aliphatic heterocycles. The highest BCUT2D eigenvalue weighted by Crippen LogP contribution is 2.11. The van der Waals surface area contributed by atoms with Crippen LogP contribution in [-0.4, -0.2) is 18.4 Å². The Bertz CT molecular complexity index is 618. The fourth-order valence-electron chi connectivity index (χ4n) is 1.05. The Morgan fingerprint density at radius 3 is 2.59 bits per heavy atom. The van der Waals surface area contributed by atoms with E-state index in [1.54, 1.807) is 12.1 Å². The average Bonchev–Trinajstić information content (AvgIpc) is 2.80. The van der Waals surface area contributed by atoms with Crippen LogP contribution in [0.5, 0.6) is 0 Å². The number of nitrogens with zero attached hydrogens (tertiary/aromatic N) is 2. The van der Waals surface area contributed by atoms with E-state index in [9.17, 15) is 8.42 Å². The highest BCUT2D eigenvalue weighted by atomic mass is 35.5. The summed E-state index contributed by atoms with van der Waals surface area (Å²) in [7, 11) is -3.67. The third kappa shape index (κ3) is 2.92. The van der Waals surface area contributed by atoms with Gasteiger partial charge in [0, 0.05) is 5.41 Å². The van der Waals surface area contributed by atoms with Crippen LogP contribution < -0.4 is 0 Å². The van der Waals surface area contributed by atoms with Gasteiger partial charge >= 0.3 is 0 Å². The first-order valence-corrected chi connectivity index (χ1v) is 6.44. The minimum absolute atomic E-state index is 0.277. The van der Waals surface area contributed by atoms with Crippen molar-refractivity contribution in [3.05, 3.63) is 47.0 Å². The van der Waals surface area contributed by atoms with Crippen molar-refractivity contribution in [2.75, 3.05) is 0 Å². The average molecular weight is 271 g/mol. The summed E-state index contributed by atoms with van der Waals surface area (Å²) < 4.78 is 28.5. The van der Waals surface area contributed by atoms with Crippen LogP contribution in [0.15, 0.2) is 45.8 Å². The largest absolute Gasteiger partial charge is 0.465 e. The maximum absolute atomic E-state index is 11.7. The molecule has 2 heterocycles. The minimum Gasteiger partial charge on any atom is -0.465 e. The van der Waals surface area contributed by atoms with Gasteiger partial charge in [-0.15, -0.1) is 0 Å². The summed E-state index contributed by atoms with van der Waals surface area (Å²) in [6.07, 6.45) is 5.22. The van der Waals surface area contributed by atoms with Crippen molar-refractivity contribution in [1.29, 1.82) is 0 Å². The Morgan fingerprint density at radius 1 is 1.29 bits per heavy atom. The van der Waals surface area contributed by atoms with Crippen LogP contribution in [0.4, 0.5) is 0 Å². The second kappa shape index (κ2) is 4.68. The van der Waals surface area contributed by atoms with Gasteiger partial charge in [0.1, 0.15) is 5.76 Å². The second-order valence-corrected chi connectivity index (χ2v) is 5.21. The Morgan fingerprint density at radius 2 is 2.00 bits per heavy atom. The molecular formula is C10H7ClN2O3S. The van der Waals surface area contributed by atoms with Crippen molar-refractivity contribution in [2.45, 2.75) is 5.16 Å². The zero-order valence-corrected chi connectivity index (χ0v) is 10.0. The number of hydrogen-bond donors (Lipinski definition) is 0. The third-order valence-corrected chi connectivity index (χ3v) is 3.22.